The van der Waals surface area contributed by atoms with Crippen LogP contribution in [-0.2, 0) is 0 Å². The number of rotatable bonds is 6. The minimum atomic E-state index is 0.112. The van der Waals surface area contributed by atoms with E-state index < -0.39 is 0 Å². The normalized spacial score (nSPS) is 22.8. The second-order valence-electron chi connectivity index (χ2n) is 7.52. The molecule has 0 radical (unpaired) electrons. The summed E-state index contributed by atoms with van der Waals surface area (Å²) in [5.74, 6) is 2.34. The Labute approximate surface area is 150 Å². The van der Waals surface area contributed by atoms with E-state index in [0.717, 1.165) is 18.9 Å². The van der Waals surface area contributed by atoms with Gasteiger partial charge >= 0.3 is 0 Å². The monoisotopic (exact) mass is 343 g/mol. The summed E-state index contributed by atoms with van der Waals surface area (Å²) >= 11 is 0. The fourth-order valence-corrected chi connectivity index (χ4v) is 3.66. The van der Waals surface area contributed by atoms with Gasteiger partial charge in [0, 0.05) is 30.9 Å². The highest BCUT2D eigenvalue weighted by molar-refractivity contribution is 5.17. The fraction of sp³-hybridized carbons (Fsp3) is 0.632. The number of aromatic nitrogens is 3. The molecule has 2 aromatic rings. The van der Waals surface area contributed by atoms with Gasteiger partial charge in [0.1, 0.15) is 0 Å². The lowest BCUT2D eigenvalue weighted by molar-refractivity contribution is 0.162. The quantitative estimate of drug-likeness (QED) is 0.802. The second-order valence-corrected chi connectivity index (χ2v) is 7.52. The van der Waals surface area contributed by atoms with E-state index in [9.17, 15) is 0 Å². The molecular formula is C19H29N5O. The van der Waals surface area contributed by atoms with Crippen molar-refractivity contribution in [1.82, 2.24) is 24.9 Å². The van der Waals surface area contributed by atoms with Gasteiger partial charge in [-0.1, -0.05) is 25.1 Å². The Kier molecular flexibility index (Phi) is 5.49. The summed E-state index contributed by atoms with van der Waals surface area (Å²) in [5, 5.41) is 4.10. The molecule has 3 heterocycles. The Morgan fingerprint density at radius 1 is 1.36 bits per heavy atom. The fourth-order valence-electron chi connectivity index (χ4n) is 3.66. The van der Waals surface area contributed by atoms with E-state index in [4.69, 9.17) is 4.52 Å². The van der Waals surface area contributed by atoms with Crippen molar-refractivity contribution in [2.24, 2.45) is 5.92 Å². The van der Waals surface area contributed by atoms with Crippen molar-refractivity contribution in [2.75, 3.05) is 27.2 Å². The smallest absolute Gasteiger partial charge is 0.243 e. The van der Waals surface area contributed by atoms with Gasteiger partial charge in [0.05, 0.1) is 6.04 Å². The molecule has 0 N–H and O–H groups in total. The molecule has 25 heavy (non-hydrogen) atoms. The van der Waals surface area contributed by atoms with Crippen LogP contribution in [0.5, 0.6) is 0 Å². The Balaban J connectivity index is 1.69. The lowest BCUT2D eigenvalue weighted by Crippen LogP contribution is -2.32. The standard InChI is InChI=1S/C19H29N5O/c1-13(2)18-21-19(25-22-18)14(3)24(5)12-16-8-10-23(4)17(16)15-7-6-9-20-11-15/h6-7,9,11,13-14,16-17H,8,10,12H2,1-5H3/t14?,16-,17-/m0/s1. The molecule has 1 aliphatic rings. The Morgan fingerprint density at radius 3 is 2.80 bits per heavy atom. The third-order valence-electron chi connectivity index (χ3n) is 5.31. The molecule has 0 aliphatic carbocycles. The van der Waals surface area contributed by atoms with E-state index in [1.807, 2.05) is 18.5 Å². The van der Waals surface area contributed by atoms with Crippen LogP contribution in [0.2, 0.25) is 0 Å². The van der Waals surface area contributed by atoms with Crippen LogP contribution >= 0.6 is 0 Å². The van der Waals surface area contributed by atoms with Gasteiger partial charge in [0.25, 0.3) is 0 Å². The summed E-state index contributed by atoms with van der Waals surface area (Å²) in [6, 6.07) is 4.73. The first-order valence-electron chi connectivity index (χ1n) is 9.11. The van der Waals surface area contributed by atoms with E-state index >= 15 is 0 Å². The summed E-state index contributed by atoms with van der Waals surface area (Å²) in [4.78, 5) is 13.6. The van der Waals surface area contributed by atoms with Crippen molar-refractivity contribution in [3.8, 4) is 0 Å². The van der Waals surface area contributed by atoms with E-state index in [-0.39, 0.29) is 12.0 Å². The van der Waals surface area contributed by atoms with E-state index in [2.05, 4.69) is 65.9 Å². The molecule has 6 heteroatoms. The van der Waals surface area contributed by atoms with Gasteiger partial charge < -0.3 is 4.52 Å². The van der Waals surface area contributed by atoms with E-state index in [1.165, 1.54) is 12.0 Å². The number of nitrogens with zero attached hydrogens (tertiary/aromatic N) is 5. The molecule has 1 fully saturated rings. The highest BCUT2D eigenvalue weighted by atomic mass is 16.5. The molecule has 6 nitrogen and oxygen atoms in total. The predicted molar refractivity (Wildman–Crippen MR) is 97.1 cm³/mol. The van der Waals surface area contributed by atoms with E-state index in [1.54, 1.807) is 0 Å². The zero-order valence-electron chi connectivity index (χ0n) is 15.9. The summed E-state index contributed by atoms with van der Waals surface area (Å²) in [6.07, 6.45) is 5.02. The topological polar surface area (TPSA) is 58.3 Å². The summed E-state index contributed by atoms with van der Waals surface area (Å²) in [5.41, 5.74) is 1.30. The van der Waals surface area contributed by atoms with Gasteiger partial charge in [-0.15, -0.1) is 0 Å². The van der Waals surface area contributed by atoms with Gasteiger partial charge in [-0.3, -0.25) is 14.8 Å². The average molecular weight is 343 g/mol. The Hall–Kier alpha value is -1.79. The maximum absolute atomic E-state index is 5.48. The first-order chi connectivity index (χ1) is 12.0. The van der Waals surface area contributed by atoms with Crippen LogP contribution < -0.4 is 0 Å². The van der Waals surface area contributed by atoms with Gasteiger partial charge in [0.15, 0.2) is 5.82 Å². The van der Waals surface area contributed by atoms with Crippen LogP contribution in [0.15, 0.2) is 29.0 Å². The van der Waals surface area contributed by atoms with Crippen LogP contribution in [-0.4, -0.2) is 52.1 Å². The lowest BCUT2D eigenvalue weighted by atomic mass is 9.94. The van der Waals surface area contributed by atoms with Gasteiger partial charge in [-0.05, 0) is 51.5 Å². The van der Waals surface area contributed by atoms with Crippen molar-refractivity contribution < 1.29 is 4.52 Å². The van der Waals surface area contributed by atoms with Crippen molar-refractivity contribution in [2.45, 2.75) is 45.2 Å². The van der Waals surface area contributed by atoms with Crippen molar-refractivity contribution in [3.05, 3.63) is 41.8 Å². The van der Waals surface area contributed by atoms with Crippen molar-refractivity contribution >= 4 is 0 Å². The summed E-state index contributed by atoms with van der Waals surface area (Å²) in [7, 11) is 4.34. The molecule has 1 aliphatic heterocycles. The molecule has 3 atom stereocenters. The number of hydrogen-bond donors (Lipinski definition) is 0. The zero-order valence-corrected chi connectivity index (χ0v) is 15.9. The maximum Gasteiger partial charge on any atom is 0.243 e. The number of hydrogen-bond acceptors (Lipinski definition) is 6. The molecule has 0 saturated carbocycles. The van der Waals surface area contributed by atoms with Crippen LogP contribution in [0.4, 0.5) is 0 Å². The molecule has 0 bridgehead atoms. The van der Waals surface area contributed by atoms with Crippen LogP contribution in [0.1, 0.15) is 62.5 Å². The molecule has 3 rings (SSSR count). The molecule has 1 unspecified atom stereocenters. The highest BCUT2D eigenvalue weighted by Crippen LogP contribution is 2.37. The average Bonchev–Trinajstić information content (AvgIpc) is 3.22. The van der Waals surface area contributed by atoms with Crippen molar-refractivity contribution in [3.63, 3.8) is 0 Å². The van der Waals surface area contributed by atoms with Crippen LogP contribution in [0.3, 0.4) is 0 Å². The summed E-state index contributed by atoms with van der Waals surface area (Å²) in [6.45, 7) is 8.40. The van der Waals surface area contributed by atoms with Gasteiger partial charge in [0.2, 0.25) is 5.89 Å². The third kappa shape index (κ3) is 3.90. The predicted octanol–water partition coefficient (Wildman–Crippen LogP) is 3.27. The molecular weight excluding hydrogens is 314 g/mol. The largest absolute Gasteiger partial charge is 0.338 e. The molecule has 0 spiro atoms. The Morgan fingerprint density at radius 2 is 2.16 bits per heavy atom. The minimum Gasteiger partial charge on any atom is -0.338 e. The third-order valence-corrected chi connectivity index (χ3v) is 5.31. The van der Waals surface area contributed by atoms with Gasteiger partial charge in [-0.2, -0.15) is 4.98 Å². The van der Waals surface area contributed by atoms with Gasteiger partial charge in [-0.25, -0.2) is 0 Å². The number of likely N-dealkylation sites (tertiary alicyclic amines) is 1. The van der Waals surface area contributed by atoms with E-state index in [0.29, 0.717) is 17.9 Å². The first-order valence-corrected chi connectivity index (χ1v) is 9.11. The first kappa shape index (κ1) is 18.0. The SMILES string of the molecule is CC(C)c1noc(C(C)N(C)C[C@@H]2CCN(C)[C@H]2c2cccnc2)n1. The highest BCUT2D eigenvalue weighted by Gasteiger charge is 2.35. The molecule has 2 aromatic heterocycles. The minimum absolute atomic E-state index is 0.112. The molecule has 0 amide bonds. The second kappa shape index (κ2) is 7.62. The maximum atomic E-state index is 5.48. The molecule has 136 valence electrons. The molecule has 1 saturated heterocycles. The van der Waals surface area contributed by atoms with Crippen LogP contribution in [0.25, 0.3) is 0 Å². The lowest BCUT2D eigenvalue weighted by Gasteiger charge is -2.30. The Bertz CT molecular complexity index is 671. The number of pyridine rings is 1. The zero-order chi connectivity index (χ0) is 18.0. The van der Waals surface area contributed by atoms with Crippen molar-refractivity contribution in [1.29, 1.82) is 0 Å². The van der Waals surface area contributed by atoms with Crippen LogP contribution in [0, 0.1) is 5.92 Å². The molecule has 0 aromatic carbocycles. The summed E-state index contributed by atoms with van der Waals surface area (Å²) < 4.78 is 5.48.